The second kappa shape index (κ2) is 5.79. The van der Waals surface area contributed by atoms with Crippen molar-refractivity contribution in [1.82, 2.24) is 4.90 Å². The lowest BCUT2D eigenvalue weighted by Gasteiger charge is -2.26. The summed E-state index contributed by atoms with van der Waals surface area (Å²) in [6, 6.07) is 10.1. The van der Waals surface area contributed by atoms with Crippen LogP contribution in [0, 0.1) is 6.92 Å². The lowest BCUT2D eigenvalue weighted by atomic mass is 10.0. The second-order valence-corrected chi connectivity index (χ2v) is 5.29. The van der Waals surface area contributed by atoms with Gasteiger partial charge in [0.05, 0.1) is 6.54 Å². The molecule has 0 radical (unpaired) electrons. The predicted molar refractivity (Wildman–Crippen MR) is 79.3 cm³/mol. The van der Waals surface area contributed by atoms with Gasteiger partial charge in [-0.3, -0.25) is 4.90 Å². The molecular weight excluding hydrogens is 268 g/mol. The van der Waals surface area contributed by atoms with Gasteiger partial charge in [0.15, 0.2) is 11.5 Å². The number of nitrogens with zero attached hydrogens (tertiary/aromatic N) is 1. The van der Waals surface area contributed by atoms with E-state index in [2.05, 4.69) is 4.90 Å². The molecule has 1 aromatic carbocycles. The van der Waals surface area contributed by atoms with Gasteiger partial charge in [-0.15, -0.1) is 0 Å². The Morgan fingerprint density at radius 1 is 1.19 bits per heavy atom. The van der Waals surface area contributed by atoms with Crippen molar-refractivity contribution in [2.24, 2.45) is 5.73 Å². The third-order valence-electron chi connectivity index (χ3n) is 3.74. The van der Waals surface area contributed by atoms with Gasteiger partial charge in [-0.05, 0) is 43.8 Å². The molecule has 2 N–H and O–H groups in total. The van der Waals surface area contributed by atoms with Crippen LogP contribution in [0.1, 0.15) is 23.1 Å². The zero-order valence-corrected chi connectivity index (χ0v) is 12.3. The number of nitrogens with two attached hydrogens (primary N) is 1. The molecule has 0 spiro atoms. The van der Waals surface area contributed by atoms with E-state index in [0.29, 0.717) is 13.1 Å². The van der Waals surface area contributed by atoms with E-state index in [0.717, 1.165) is 28.6 Å². The minimum Gasteiger partial charge on any atom is -0.465 e. The fraction of sp³-hybridized carbons (Fsp3) is 0.375. The van der Waals surface area contributed by atoms with Crippen molar-refractivity contribution < 1.29 is 13.9 Å². The summed E-state index contributed by atoms with van der Waals surface area (Å²) in [6.45, 7) is 3.47. The van der Waals surface area contributed by atoms with E-state index in [1.165, 1.54) is 0 Å². The van der Waals surface area contributed by atoms with Crippen LogP contribution in [-0.2, 0) is 6.54 Å². The summed E-state index contributed by atoms with van der Waals surface area (Å²) in [6.07, 6.45) is 0. The summed E-state index contributed by atoms with van der Waals surface area (Å²) in [5.41, 5.74) is 7.08. The zero-order valence-electron chi connectivity index (χ0n) is 12.3. The van der Waals surface area contributed by atoms with Crippen molar-refractivity contribution >= 4 is 0 Å². The van der Waals surface area contributed by atoms with Crippen molar-refractivity contribution in [2.75, 3.05) is 20.4 Å². The van der Waals surface area contributed by atoms with E-state index < -0.39 is 0 Å². The average molecular weight is 288 g/mol. The fourth-order valence-electron chi connectivity index (χ4n) is 2.62. The Balaban J connectivity index is 1.77. The number of likely N-dealkylation sites (N-methyl/N-ethyl adjacent to an activating group) is 1. The predicted octanol–water partition coefficient (Wildman–Crippen LogP) is 2.45. The molecule has 112 valence electrons. The van der Waals surface area contributed by atoms with Crippen LogP contribution in [0.2, 0.25) is 0 Å². The van der Waals surface area contributed by atoms with E-state index in [1.807, 2.05) is 44.3 Å². The summed E-state index contributed by atoms with van der Waals surface area (Å²) in [7, 11) is 2.04. The molecule has 2 heterocycles. The molecule has 0 aliphatic carbocycles. The minimum absolute atomic E-state index is 0.102. The normalized spacial score (nSPS) is 14.7. The number of rotatable bonds is 5. The first-order valence-electron chi connectivity index (χ1n) is 7.02. The second-order valence-electron chi connectivity index (χ2n) is 5.29. The first kappa shape index (κ1) is 14.0. The molecule has 0 saturated heterocycles. The van der Waals surface area contributed by atoms with Gasteiger partial charge in [0, 0.05) is 12.6 Å². The number of hydrogen-bond acceptors (Lipinski definition) is 5. The maximum absolute atomic E-state index is 5.97. The van der Waals surface area contributed by atoms with Crippen LogP contribution < -0.4 is 15.2 Å². The molecule has 0 bridgehead atoms. The van der Waals surface area contributed by atoms with Gasteiger partial charge in [-0.25, -0.2) is 0 Å². The molecule has 0 saturated carbocycles. The molecule has 0 fully saturated rings. The SMILES string of the molecule is Cc1ccc(CN(C)C(CN)c2ccc3c(c2)OCO3)o1. The molecule has 1 aromatic heterocycles. The number of furan rings is 1. The van der Waals surface area contributed by atoms with E-state index in [1.54, 1.807) is 0 Å². The van der Waals surface area contributed by atoms with E-state index >= 15 is 0 Å². The average Bonchev–Trinajstić information content (AvgIpc) is 3.08. The number of aryl methyl sites for hydroxylation is 1. The molecule has 1 atom stereocenters. The highest BCUT2D eigenvalue weighted by Crippen LogP contribution is 2.35. The molecule has 1 aliphatic heterocycles. The standard InChI is InChI=1S/C16H20N2O3/c1-11-3-5-13(21-11)9-18(2)14(8-17)12-4-6-15-16(7-12)20-10-19-15/h3-7,14H,8-10,17H2,1-2H3. The van der Waals surface area contributed by atoms with Crippen LogP contribution in [0.4, 0.5) is 0 Å². The molecule has 2 aromatic rings. The van der Waals surface area contributed by atoms with Gasteiger partial charge in [0.1, 0.15) is 11.5 Å². The molecule has 3 rings (SSSR count). The lowest BCUT2D eigenvalue weighted by Crippen LogP contribution is -2.30. The highest BCUT2D eigenvalue weighted by molar-refractivity contribution is 5.45. The van der Waals surface area contributed by atoms with Gasteiger partial charge in [-0.1, -0.05) is 6.07 Å². The van der Waals surface area contributed by atoms with Crippen molar-refractivity contribution in [3.63, 3.8) is 0 Å². The number of fused-ring (bicyclic) bond motifs is 1. The topological polar surface area (TPSA) is 60.9 Å². The highest BCUT2D eigenvalue weighted by Gasteiger charge is 2.20. The first-order chi connectivity index (χ1) is 10.2. The van der Waals surface area contributed by atoms with Gasteiger partial charge in [0.25, 0.3) is 0 Å². The maximum Gasteiger partial charge on any atom is 0.231 e. The van der Waals surface area contributed by atoms with E-state index in [-0.39, 0.29) is 12.8 Å². The van der Waals surface area contributed by atoms with Crippen LogP contribution in [0.3, 0.4) is 0 Å². The number of ether oxygens (including phenoxy) is 2. The maximum atomic E-state index is 5.97. The summed E-state index contributed by atoms with van der Waals surface area (Å²) in [5, 5.41) is 0. The Morgan fingerprint density at radius 3 is 2.71 bits per heavy atom. The Kier molecular flexibility index (Phi) is 3.86. The number of benzene rings is 1. The van der Waals surface area contributed by atoms with Gasteiger partial charge in [-0.2, -0.15) is 0 Å². The largest absolute Gasteiger partial charge is 0.465 e. The Morgan fingerprint density at radius 2 is 2.00 bits per heavy atom. The van der Waals surface area contributed by atoms with E-state index in [9.17, 15) is 0 Å². The minimum atomic E-state index is 0.102. The first-order valence-corrected chi connectivity index (χ1v) is 7.02. The fourth-order valence-corrected chi connectivity index (χ4v) is 2.62. The van der Waals surface area contributed by atoms with Crippen molar-refractivity contribution in [3.05, 3.63) is 47.4 Å². The van der Waals surface area contributed by atoms with Crippen LogP contribution in [0.25, 0.3) is 0 Å². The van der Waals surface area contributed by atoms with Gasteiger partial charge >= 0.3 is 0 Å². The summed E-state index contributed by atoms with van der Waals surface area (Å²) in [5.74, 6) is 3.44. The Labute approximate surface area is 124 Å². The molecule has 21 heavy (non-hydrogen) atoms. The zero-order chi connectivity index (χ0) is 14.8. The molecule has 5 nitrogen and oxygen atoms in total. The molecular formula is C16H20N2O3. The quantitative estimate of drug-likeness (QED) is 0.915. The van der Waals surface area contributed by atoms with Gasteiger partial charge < -0.3 is 19.6 Å². The number of hydrogen-bond donors (Lipinski definition) is 1. The van der Waals surface area contributed by atoms with Crippen molar-refractivity contribution in [1.29, 1.82) is 0 Å². The summed E-state index contributed by atoms with van der Waals surface area (Å²) < 4.78 is 16.4. The third kappa shape index (κ3) is 2.89. The smallest absolute Gasteiger partial charge is 0.231 e. The lowest BCUT2D eigenvalue weighted by molar-refractivity contribution is 0.173. The van der Waals surface area contributed by atoms with Crippen LogP contribution in [0.15, 0.2) is 34.7 Å². The summed E-state index contributed by atoms with van der Waals surface area (Å²) in [4.78, 5) is 2.18. The van der Waals surface area contributed by atoms with Crippen LogP contribution in [-0.4, -0.2) is 25.3 Å². The monoisotopic (exact) mass is 288 g/mol. The van der Waals surface area contributed by atoms with Crippen LogP contribution in [0.5, 0.6) is 11.5 Å². The Hall–Kier alpha value is -1.98. The van der Waals surface area contributed by atoms with Crippen LogP contribution >= 0.6 is 0 Å². The molecule has 5 heteroatoms. The third-order valence-corrected chi connectivity index (χ3v) is 3.74. The molecule has 1 unspecified atom stereocenters. The van der Waals surface area contributed by atoms with Crippen molar-refractivity contribution in [3.8, 4) is 11.5 Å². The van der Waals surface area contributed by atoms with Gasteiger partial charge in [0.2, 0.25) is 6.79 Å². The van der Waals surface area contributed by atoms with Crippen molar-refractivity contribution in [2.45, 2.75) is 19.5 Å². The van der Waals surface area contributed by atoms with E-state index in [4.69, 9.17) is 19.6 Å². The highest BCUT2D eigenvalue weighted by atomic mass is 16.7. The molecule has 0 amide bonds. The molecule has 1 aliphatic rings. The Bertz CT molecular complexity index is 624. The summed E-state index contributed by atoms with van der Waals surface area (Å²) >= 11 is 0.